The number of H-pyrrole nitrogens is 1. The van der Waals surface area contributed by atoms with Crippen molar-refractivity contribution in [3.05, 3.63) is 77.0 Å². The Morgan fingerprint density at radius 2 is 1.67 bits per heavy atom. The predicted molar refractivity (Wildman–Crippen MR) is 96.3 cm³/mol. The van der Waals surface area contributed by atoms with Gasteiger partial charge in [0.25, 0.3) is 0 Å². The molecule has 7 nitrogen and oxygen atoms in total. The Morgan fingerprint density at radius 3 is 2.30 bits per heavy atom. The number of nitrogens with one attached hydrogen (secondary N) is 1. The van der Waals surface area contributed by atoms with Gasteiger partial charge in [-0.1, -0.05) is 24.3 Å². The number of nitrogens with zero attached hydrogens (tertiary/aromatic N) is 2. The van der Waals surface area contributed by atoms with Crippen LogP contribution in [0.2, 0.25) is 0 Å². The highest BCUT2D eigenvalue weighted by atomic mass is 16.3. The van der Waals surface area contributed by atoms with E-state index in [0.29, 0.717) is 17.5 Å². The van der Waals surface area contributed by atoms with Crippen LogP contribution < -0.4 is 0 Å². The van der Waals surface area contributed by atoms with E-state index in [-0.39, 0.29) is 39.3 Å². The summed E-state index contributed by atoms with van der Waals surface area (Å²) < 4.78 is 1.79. The average molecular weight is 359 g/mol. The van der Waals surface area contributed by atoms with E-state index in [4.69, 9.17) is 0 Å². The summed E-state index contributed by atoms with van der Waals surface area (Å²) in [7, 11) is 0. The van der Waals surface area contributed by atoms with E-state index in [1.807, 2.05) is 0 Å². The van der Waals surface area contributed by atoms with Crippen LogP contribution in [0.4, 0.5) is 0 Å². The van der Waals surface area contributed by atoms with Crippen molar-refractivity contribution in [2.45, 2.75) is 6.54 Å². The third-order valence-corrected chi connectivity index (χ3v) is 4.94. The van der Waals surface area contributed by atoms with Crippen molar-refractivity contribution in [2.75, 3.05) is 0 Å². The highest BCUT2D eigenvalue weighted by Crippen LogP contribution is 2.45. The van der Waals surface area contributed by atoms with Gasteiger partial charge < -0.3 is 19.8 Å². The van der Waals surface area contributed by atoms with Crippen molar-refractivity contribution in [3.63, 3.8) is 0 Å². The van der Waals surface area contributed by atoms with Crippen LogP contribution in [0.15, 0.2) is 49.2 Å². The lowest BCUT2D eigenvalue weighted by Crippen LogP contribution is -2.21. The molecule has 132 valence electrons. The monoisotopic (exact) mass is 359 g/mol. The summed E-state index contributed by atoms with van der Waals surface area (Å²) in [5.41, 5.74) is 1.000. The number of aromatic hydroxyl groups is 2. The zero-order valence-electron chi connectivity index (χ0n) is 13.9. The quantitative estimate of drug-likeness (QED) is 0.420. The predicted octanol–water partition coefficient (Wildman–Crippen LogP) is 2.60. The normalized spacial score (nSPS) is 13.0. The fourth-order valence-corrected chi connectivity index (χ4v) is 3.70. The Hall–Kier alpha value is -3.87. The number of aromatic nitrogens is 3. The van der Waals surface area contributed by atoms with Gasteiger partial charge >= 0.3 is 0 Å². The molecule has 0 aliphatic heterocycles. The molecule has 0 unspecified atom stereocenters. The van der Waals surface area contributed by atoms with Gasteiger partial charge in [0, 0.05) is 35.3 Å². The van der Waals surface area contributed by atoms with Crippen LogP contribution in [0.3, 0.4) is 0 Å². The minimum atomic E-state index is -0.486. The summed E-state index contributed by atoms with van der Waals surface area (Å²) in [6.07, 6.45) is 6.66. The summed E-state index contributed by atoms with van der Waals surface area (Å²) in [5, 5.41) is 22.0. The van der Waals surface area contributed by atoms with Gasteiger partial charge in [-0.05, 0) is 0 Å². The fourth-order valence-electron chi connectivity index (χ4n) is 3.70. The van der Waals surface area contributed by atoms with Crippen molar-refractivity contribution in [1.29, 1.82) is 0 Å². The number of aromatic amines is 1. The van der Waals surface area contributed by atoms with Crippen molar-refractivity contribution < 1.29 is 19.8 Å². The first kappa shape index (κ1) is 15.4. The molecule has 7 heteroatoms. The van der Waals surface area contributed by atoms with Crippen LogP contribution in [0.5, 0.6) is 11.5 Å². The number of carbonyl (C=O) groups is 2. The molecule has 2 aromatic carbocycles. The second kappa shape index (κ2) is 5.31. The van der Waals surface area contributed by atoms with Gasteiger partial charge in [0.05, 0.1) is 34.9 Å². The number of phenolic OH excluding ortho intramolecular Hbond substituents is 2. The molecule has 0 saturated heterocycles. The van der Waals surface area contributed by atoms with Gasteiger partial charge in [0.15, 0.2) is 17.3 Å². The van der Waals surface area contributed by atoms with Crippen LogP contribution in [0.25, 0.3) is 10.9 Å². The van der Waals surface area contributed by atoms with Gasteiger partial charge in [0.1, 0.15) is 5.75 Å². The molecule has 0 saturated carbocycles. The lowest BCUT2D eigenvalue weighted by molar-refractivity contribution is 0.0974. The maximum Gasteiger partial charge on any atom is 0.198 e. The SMILES string of the molecule is O=C1c2ccccc2C(=O)c2c1c(O)c1[nH]cc(Cn3ccnc3)c1c2O. The van der Waals surface area contributed by atoms with E-state index in [9.17, 15) is 19.8 Å². The van der Waals surface area contributed by atoms with Crippen LogP contribution in [0.1, 0.15) is 37.4 Å². The lowest BCUT2D eigenvalue weighted by Gasteiger charge is -2.20. The molecule has 4 aromatic rings. The van der Waals surface area contributed by atoms with E-state index >= 15 is 0 Å². The highest BCUT2D eigenvalue weighted by molar-refractivity contribution is 6.32. The molecule has 2 heterocycles. The molecule has 1 aliphatic rings. The number of phenols is 2. The maximum absolute atomic E-state index is 13.0. The number of rotatable bonds is 2. The second-order valence-electron chi connectivity index (χ2n) is 6.45. The van der Waals surface area contributed by atoms with Crippen molar-refractivity contribution >= 4 is 22.5 Å². The summed E-state index contributed by atoms with van der Waals surface area (Å²) in [5.74, 6) is -1.60. The number of benzene rings is 2. The number of carbonyl (C=O) groups excluding carboxylic acids is 2. The standard InChI is InChI=1S/C20H13N3O4/c24-17-11-3-1-2-4-12(11)18(25)15-14(17)19(26)13-10(7-22-16(13)20(15)27)8-23-6-5-21-9-23/h1-7,9,22,26-27H,8H2. The molecule has 0 bridgehead atoms. The number of fused-ring (bicyclic) bond motifs is 3. The summed E-state index contributed by atoms with van der Waals surface area (Å²) >= 11 is 0. The molecule has 0 amide bonds. The van der Waals surface area contributed by atoms with Crippen LogP contribution in [-0.4, -0.2) is 36.3 Å². The van der Waals surface area contributed by atoms with Crippen molar-refractivity contribution in [1.82, 2.24) is 14.5 Å². The first-order valence-corrected chi connectivity index (χ1v) is 8.30. The molecule has 27 heavy (non-hydrogen) atoms. The molecular weight excluding hydrogens is 346 g/mol. The Morgan fingerprint density at radius 1 is 1.00 bits per heavy atom. The molecule has 0 fully saturated rings. The third kappa shape index (κ3) is 1.99. The number of ketones is 2. The Kier molecular flexibility index (Phi) is 3.03. The number of hydrogen-bond donors (Lipinski definition) is 3. The zero-order chi connectivity index (χ0) is 18.7. The second-order valence-corrected chi connectivity index (χ2v) is 6.45. The highest BCUT2D eigenvalue weighted by Gasteiger charge is 2.36. The number of hydrogen-bond acceptors (Lipinski definition) is 5. The van der Waals surface area contributed by atoms with Gasteiger partial charge in [-0.15, -0.1) is 0 Å². The largest absolute Gasteiger partial charge is 0.506 e. The third-order valence-electron chi connectivity index (χ3n) is 4.94. The molecule has 0 radical (unpaired) electrons. The van der Waals surface area contributed by atoms with Crippen molar-refractivity contribution in [2.24, 2.45) is 0 Å². The van der Waals surface area contributed by atoms with Crippen LogP contribution >= 0.6 is 0 Å². The average Bonchev–Trinajstić information content (AvgIpc) is 3.33. The lowest BCUT2D eigenvalue weighted by atomic mass is 9.82. The van der Waals surface area contributed by atoms with Gasteiger partial charge in [-0.3, -0.25) is 9.59 Å². The molecule has 0 spiro atoms. The van der Waals surface area contributed by atoms with E-state index < -0.39 is 11.6 Å². The van der Waals surface area contributed by atoms with Crippen LogP contribution in [-0.2, 0) is 6.54 Å². The van der Waals surface area contributed by atoms with Gasteiger partial charge in [-0.2, -0.15) is 0 Å². The van der Waals surface area contributed by atoms with Crippen molar-refractivity contribution in [3.8, 4) is 11.5 Å². The fraction of sp³-hybridized carbons (Fsp3) is 0.0500. The van der Waals surface area contributed by atoms with E-state index in [2.05, 4.69) is 9.97 Å². The molecule has 0 atom stereocenters. The Labute approximate surface area is 152 Å². The summed E-state index contributed by atoms with van der Waals surface area (Å²) in [4.78, 5) is 32.7. The summed E-state index contributed by atoms with van der Waals surface area (Å²) in [6.45, 7) is 0.379. The van der Waals surface area contributed by atoms with Crippen LogP contribution in [0, 0.1) is 0 Å². The number of imidazole rings is 1. The first-order chi connectivity index (χ1) is 13.1. The zero-order valence-corrected chi connectivity index (χ0v) is 13.9. The minimum absolute atomic E-state index is 0.157. The van der Waals surface area contributed by atoms with E-state index in [1.54, 1.807) is 53.8 Å². The molecular formula is C20H13N3O4. The molecule has 3 N–H and O–H groups in total. The Bertz CT molecular complexity index is 1250. The molecule has 5 rings (SSSR count). The minimum Gasteiger partial charge on any atom is -0.506 e. The molecule has 1 aliphatic carbocycles. The van der Waals surface area contributed by atoms with Gasteiger partial charge in [0.2, 0.25) is 0 Å². The maximum atomic E-state index is 13.0. The van der Waals surface area contributed by atoms with Gasteiger partial charge in [-0.25, -0.2) is 4.98 Å². The topological polar surface area (TPSA) is 108 Å². The smallest absolute Gasteiger partial charge is 0.198 e. The van der Waals surface area contributed by atoms with E-state index in [1.165, 1.54) is 0 Å². The summed E-state index contributed by atoms with van der Waals surface area (Å²) in [6, 6.07) is 6.40. The first-order valence-electron chi connectivity index (χ1n) is 8.30. The van der Waals surface area contributed by atoms with E-state index in [0.717, 1.165) is 0 Å². The Balaban J connectivity index is 1.81. The molecule has 2 aromatic heterocycles.